The van der Waals surface area contributed by atoms with E-state index in [2.05, 4.69) is 14.8 Å². The maximum atomic E-state index is 12.0. The smallest absolute Gasteiger partial charge is 0.233 e. The number of carbonyl (C=O) groups is 1. The Kier molecular flexibility index (Phi) is 3.74. The molecule has 0 atom stereocenters. The van der Waals surface area contributed by atoms with E-state index in [1.165, 1.54) is 24.6 Å². The molecule has 2 N–H and O–H groups in total. The topological polar surface area (TPSA) is 77.0 Å². The van der Waals surface area contributed by atoms with Crippen molar-refractivity contribution in [3.63, 3.8) is 0 Å². The van der Waals surface area contributed by atoms with Crippen molar-refractivity contribution in [3.8, 4) is 0 Å². The highest BCUT2D eigenvalue weighted by atomic mass is 32.2. The van der Waals surface area contributed by atoms with Gasteiger partial charge in [0.05, 0.1) is 12.3 Å². The molecule has 7 heteroatoms. The third-order valence-corrected chi connectivity index (χ3v) is 4.54. The van der Waals surface area contributed by atoms with E-state index in [4.69, 9.17) is 5.73 Å². The van der Waals surface area contributed by atoms with Crippen LogP contribution in [0.1, 0.15) is 37.5 Å². The predicted octanol–water partition coefficient (Wildman–Crippen LogP) is 0.786. The maximum Gasteiger partial charge on any atom is 0.233 e. The predicted molar refractivity (Wildman–Crippen MR) is 72.7 cm³/mol. The highest BCUT2D eigenvalue weighted by molar-refractivity contribution is 7.99. The average molecular weight is 281 g/mol. The van der Waals surface area contributed by atoms with Crippen molar-refractivity contribution in [1.82, 2.24) is 19.7 Å². The molecule has 104 valence electrons. The molecule has 19 heavy (non-hydrogen) atoms. The van der Waals surface area contributed by atoms with E-state index in [9.17, 15) is 4.79 Å². The Morgan fingerprint density at radius 2 is 2.05 bits per heavy atom. The number of nitrogens with zero attached hydrogens (tertiary/aromatic N) is 4. The van der Waals surface area contributed by atoms with E-state index in [1.807, 2.05) is 4.90 Å². The summed E-state index contributed by atoms with van der Waals surface area (Å²) in [5, 5.41) is 9.13. The van der Waals surface area contributed by atoms with Crippen LogP contribution in [0, 0.1) is 0 Å². The molecule has 0 spiro atoms. The van der Waals surface area contributed by atoms with Gasteiger partial charge in [-0.2, -0.15) is 0 Å². The van der Waals surface area contributed by atoms with E-state index < -0.39 is 0 Å². The number of carbonyl (C=O) groups excluding carboxylic acids is 1. The normalized spacial score (nSPS) is 19.1. The summed E-state index contributed by atoms with van der Waals surface area (Å²) in [6, 6.07) is 0.498. The van der Waals surface area contributed by atoms with Gasteiger partial charge in [-0.3, -0.25) is 4.79 Å². The summed E-state index contributed by atoms with van der Waals surface area (Å²) < 4.78 is 2.11. The lowest BCUT2D eigenvalue weighted by Crippen LogP contribution is -2.29. The van der Waals surface area contributed by atoms with Crippen molar-refractivity contribution in [1.29, 1.82) is 0 Å². The van der Waals surface area contributed by atoms with Gasteiger partial charge in [-0.05, 0) is 25.7 Å². The van der Waals surface area contributed by atoms with Crippen LogP contribution in [0.2, 0.25) is 0 Å². The zero-order valence-electron chi connectivity index (χ0n) is 10.9. The summed E-state index contributed by atoms with van der Waals surface area (Å²) in [4.78, 5) is 14.0. The van der Waals surface area contributed by atoms with Gasteiger partial charge < -0.3 is 15.2 Å². The van der Waals surface area contributed by atoms with Crippen LogP contribution in [0.3, 0.4) is 0 Å². The van der Waals surface area contributed by atoms with Crippen molar-refractivity contribution in [2.24, 2.45) is 5.73 Å². The zero-order valence-corrected chi connectivity index (χ0v) is 11.7. The van der Waals surface area contributed by atoms with Crippen LogP contribution in [0.15, 0.2) is 5.16 Å². The number of aromatic nitrogens is 3. The lowest BCUT2D eigenvalue weighted by Gasteiger charge is -2.14. The van der Waals surface area contributed by atoms with Crippen LogP contribution < -0.4 is 5.73 Å². The molecule has 1 aliphatic carbocycles. The number of nitrogens with two attached hydrogens (primary N) is 1. The van der Waals surface area contributed by atoms with Crippen LogP contribution in [-0.4, -0.2) is 44.4 Å². The largest absolute Gasteiger partial charge is 0.342 e. The van der Waals surface area contributed by atoms with Crippen LogP contribution in [-0.2, 0) is 11.3 Å². The first-order chi connectivity index (χ1) is 9.29. The van der Waals surface area contributed by atoms with Gasteiger partial charge in [0.15, 0.2) is 5.16 Å². The van der Waals surface area contributed by atoms with Gasteiger partial charge in [-0.1, -0.05) is 11.8 Å². The molecule has 6 nitrogen and oxygen atoms in total. The van der Waals surface area contributed by atoms with Crippen molar-refractivity contribution in [2.45, 2.75) is 43.4 Å². The number of likely N-dealkylation sites (tertiary alicyclic amines) is 1. The Bertz CT molecular complexity index is 465. The van der Waals surface area contributed by atoms with Gasteiger partial charge in [0.2, 0.25) is 5.91 Å². The molecule has 3 rings (SSSR count). The van der Waals surface area contributed by atoms with Gasteiger partial charge in [0, 0.05) is 19.1 Å². The minimum atomic E-state index is 0.210. The SMILES string of the molecule is NCc1nnc(SCC(=O)N2CCCC2)n1C1CC1. The quantitative estimate of drug-likeness (QED) is 0.807. The molecule has 1 aromatic heterocycles. The molecule has 2 fully saturated rings. The Morgan fingerprint density at radius 1 is 1.32 bits per heavy atom. The van der Waals surface area contributed by atoms with E-state index in [0.717, 1.165) is 36.9 Å². The molecular weight excluding hydrogens is 262 g/mol. The third kappa shape index (κ3) is 2.76. The minimum absolute atomic E-state index is 0.210. The highest BCUT2D eigenvalue weighted by Gasteiger charge is 2.29. The van der Waals surface area contributed by atoms with Gasteiger partial charge in [-0.15, -0.1) is 10.2 Å². The molecule has 1 aromatic rings. The lowest BCUT2D eigenvalue weighted by molar-refractivity contribution is -0.127. The van der Waals surface area contributed by atoms with Crippen molar-refractivity contribution >= 4 is 17.7 Å². The van der Waals surface area contributed by atoms with Gasteiger partial charge in [0.1, 0.15) is 5.82 Å². The number of hydrogen-bond acceptors (Lipinski definition) is 5. The first-order valence-corrected chi connectivity index (χ1v) is 7.82. The molecule has 1 amide bonds. The van der Waals surface area contributed by atoms with Crippen molar-refractivity contribution in [3.05, 3.63) is 5.82 Å². The number of amides is 1. The summed E-state index contributed by atoms with van der Waals surface area (Å²) in [6.45, 7) is 2.22. The van der Waals surface area contributed by atoms with E-state index in [-0.39, 0.29) is 5.91 Å². The van der Waals surface area contributed by atoms with Crippen LogP contribution in [0.5, 0.6) is 0 Å². The molecule has 1 saturated heterocycles. The molecule has 1 aliphatic heterocycles. The second-order valence-corrected chi connectivity index (χ2v) is 6.02. The lowest BCUT2D eigenvalue weighted by atomic mass is 10.4. The number of thioether (sulfide) groups is 1. The molecule has 0 aromatic carbocycles. The molecule has 1 saturated carbocycles. The second-order valence-electron chi connectivity index (χ2n) is 5.08. The fourth-order valence-electron chi connectivity index (χ4n) is 2.43. The molecule has 2 aliphatic rings. The number of hydrogen-bond donors (Lipinski definition) is 1. The zero-order chi connectivity index (χ0) is 13.2. The summed E-state index contributed by atoms with van der Waals surface area (Å²) in [5.74, 6) is 1.50. The molecular formula is C12H19N5OS. The fraction of sp³-hybridized carbons (Fsp3) is 0.750. The Labute approximate surface area is 116 Å². The third-order valence-electron chi connectivity index (χ3n) is 3.61. The Balaban J connectivity index is 1.63. The fourth-order valence-corrected chi connectivity index (χ4v) is 3.36. The van der Waals surface area contributed by atoms with Crippen molar-refractivity contribution < 1.29 is 4.79 Å². The molecule has 2 heterocycles. The summed E-state index contributed by atoms with van der Waals surface area (Å²) in [7, 11) is 0. The summed E-state index contributed by atoms with van der Waals surface area (Å²) >= 11 is 1.49. The second kappa shape index (κ2) is 5.50. The van der Waals surface area contributed by atoms with Gasteiger partial charge >= 0.3 is 0 Å². The van der Waals surface area contributed by atoms with Gasteiger partial charge in [-0.25, -0.2) is 0 Å². The summed E-state index contributed by atoms with van der Waals surface area (Å²) in [6.07, 6.45) is 4.59. The van der Waals surface area contributed by atoms with E-state index >= 15 is 0 Å². The van der Waals surface area contributed by atoms with Crippen molar-refractivity contribution in [2.75, 3.05) is 18.8 Å². The van der Waals surface area contributed by atoms with Gasteiger partial charge in [0.25, 0.3) is 0 Å². The van der Waals surface area contributed by atoms with Crippen LogP contribution in [0.4, 0.5) is 0 Å². The Hall–Kier alpha value is -1.08. The molecule has 0 radical (unpaired) electrons. The van der Waals surface area contributed by atoms with Crippen LogP contribution in [0.25, 0.3) is 0 Å². The average Bonchev–Trinajstić information content (AvgIpc) is 2.96. The first-order valence-electron chi connectivity index (χ1n) is 6.84. The monoisotopic (exact) mass is 281 g/mol. The first kappa shape index (κ1) is 12.9. The van der Waals surface area contributed by atoms with E-state index in [1.54, 1.807) is 0 Å². The Morgan fingerprint density at radius 3 is 2.68 bits per heavy atom. The highest BCUT2D eigenvalue weighted by Crippen LogP contribution is 2.38. The molecule has 0 unspecified atom stereocenters. The molecule has 0 bridgehead atoms. The minimum Gasteiger partial charge on any atom is -0.342 e. The van der Waals surface area contributed by atoms with Crippen LogP contribution >= 0.6 is 11.8 Å². The number of rotatable bonds is 5. The summed E-state index contributed by atoms with van der Waals surface area (Å²) in [5.41, 5.74) is 5.68. The van der Waals surface area contributed by atoms with E-state index in [0.29, 0.717) is 18.3 Å². The standard InChI is InChI=1S/C12H19N5OS/c13-7-10-14-15-12(17(10)9-3-4-9)19-8-11(18)16-5-1-2-6-16/h9H,1-8,13H2. The maximum absolute atomic E-state index is 12.0.